The van der Waals surface area contributed by atoms with E-state index in [1.54, 1.807) is 33.9 Å². The number of carbonyl (C=O) groups excluding carboxylic acids is 2. The van der Waals surface area contributed by atoms with E-state index in [1.165, 1.54) is 4.90 Å². The van der Waals surface area contributed by atoms with Crippen molar-refractivity contribution < 1.29 is 19.1 Å². The number of alkyl halides is 1. The Morgan fingerprint density at radius 2 is 1.52 bits per heavy atom. The fourth-order valence-electron chi connectivity index (χ4n) is 1.20. The number of hydrogen-bond acceptors (Lipinski definition) is 4. The van der Waals surface area contributed by atoms with E-state index in [-0.39, 0.29) is 6.54 Å². The number of hydrogen-bond donors (Lipinski definition) is 0. The summed E-state index contributed by atoms with van der Waals surface area (Å²) in [7, 11) is 1.62. The summed E-state index contributed by atoms with van der Waals surface area (Å²) in [5.41, 5.74) is -0.617. The van der Waals surface area contributed by atoms with Gasteiger partial charge in [-0.25, -0.2) is 9.59 Å². The van der Waals surface area contributed by atoms with Crippen LogP contribution in [0.2, 0.25) is 0 Å². The van der Waals surface area contributed by atoms with Crippen molar-refractivity contribution in [1.29, 1.82) is 0 Å². The van der Waals surface area contributed by atoms with Crippen LogP contribution in [0.25, 0.3) is 0 Å². The van der Waals surface area contributed by atoms with Gasteiger partial charge in [0.15, 0.2) is 0 Å². The van der Waals surface area contributed by atoms with E-state index >= 15 is 0 Å². The van der Waals surface area contributed by atoms with Crippen LogP contribution < -0.4 is 0 Å². The molecular formula is C15H26BrNO4. The zero-order chi connectivity index (χ0) is 16.8. The molecule has 0 unspecified atom stereocenters. The van der Waals surface area contributed by atoms with Gasteiger partial charge in [0.25, 0.3) is 0 Å². The van der Waals surface area contributed by atoms with Crippen LogP contribution >= 0.6 is 15.9 Å². The molecule has 0 aromatic heterocycles. The van der Waals surface area contributed by atoms with Gasteiger partial charge >= 0.3 is 12.1 Å². The first-order valence-electron chi connectivity index (χ1n) is 6.78. The third-order valence-electron chi connectivity index (χ3n) is 2.12. The van der Waals surface area contributed by atoms with Gasteiger partial charge in [0, 0.05) is 24.5 Å². The largest absolute Gasteiger partial charge is 0.457 e. The number of nitrogens with zero attached hydrogens (tertiary/aromatic N) is 1. The van der Waals surface area contributed by atoms with Crippen LogP contribution in [-0.2, 0) is 14.3 Å². The van der Waals surface area contributed by atoms with Gasteiger partial charge in [0.1, 0.15) is 11.2 Å². The summed E-state index contributed by atoms with van der Waals surface area (Å²) in [4.78, 5) is 25.2. The van der Waals surface area contributed by atoms with Gasteiger partial charge in [0.05, 0.1) is 0 Å². The lowest BCUT2D eigenvalue weighted by Crippen LogP contribution is -2.34. The average molecular weight is 364 g/mol. The van der Waals surface area contributed by atoms with E-state index in [9.17, 15) is 9.59 Å². The summed E-state index contributed by atoms with van der Waals surface area (Å²) in [5, 5.41) is 0.365. The van der Waals surface area contributed by atoms with E-state index in [2.05, 4.69) is 15.9 Å². The molecule has 0 aromatic rings. The van der Waals surface area contributed by atoms with Crippen LogP contribution in [0.3, 0.4) is 0 Å². The van der Waals surface area contributed by atoms with Crippen LogP contribution in [0.5, 0.6) is 0 Å². The van der Waals surface area contributed by atoms with Crippen molar-refractivity contribution in [3.63, 3.8) is 0 Å². The minimum absolute atomic E-state index is 0.273. The van der Waals surface area contributed by atoms with Crippen molar-refractivity contribution in [1.82, 2.24) is 4.90 Å². The molecular weight excluding hydrogens is 338 g/mol. The normalized spacial score (nSPS) is 12.9. The highest BCUT2D eigenvalue weighted by Crippen LogP contribution is 2.13. The third kappa shape index (κ3) is 9.50. The predicted octanol–water partition coefficient (Wildman–Crippen LogP) is 3.52. The van der Waals surface area contributed by atoms with Gasteiger partial charge in [-0.2, -0.15) is 0 Å². The monoisotopic (exact) mass is 363 g/mol. The smallest absolute Gasteiger partial charge is 0.410 e. The minimum atomic E-state index is -0.546. The Bertz CT molecular complexity index is 405. The van der Waals surface area contributed by atoms with Crippen LogP contribution in [0, 0.1) is 0 Å². The topological polar surface area (TPSA) is 55.8 Å². The van der Waals surface area contributed by atoms with Crippen molar-refractivity contribution in [3.05, 3.63) is 11.6 Å². The van der Waals surface area contributed by atoms with Gasteiger partial charge in [-0.1, -0.05) is 22.0 Å². The van der Waals surface area contributed by atoms with Crippen LogP contribution in [0.1, 0.15) is 41.5 Å². The first kappa shape index (κ1) is 20.0. The summed E-state index contributed by atoms with van der Waals surface area (Å²) >= 11 is 3.26. The second kappa shape index (κ2) is 7.82. The first-order valence-corrected chi connectivity index (χ1v) is 7.90. The lowest BCUT2D eigenvalue weighted by molar-refractivity contribution is -0.149. The lowest BCUT2D eigenvalue weighted by Gasteiger charge is -2.24. The summed E-state index contributed by atoms with van der Waals surface area (Å²) in [5.74, 6) is -0.392. The van der Waals surface area contributed by atoms with Gasteiger partial charge < -0.3 is 14.4 Å². The SMILES string of the molecule is CN(C/C=C(\CBr)C(=O)OC(C)(C)C)C(=O)OC(C)(C)C. The van der Waals surface area contributed by atoms with Gasteiger partial charge in [-0.15, -0.1) is 0 Å². The molecule has 0 heterocycles. The van der Waals surface area contributed by atoms with E-state index in [1.807, 2.05) is 20.8 Å². The summed E-state index contributed by atoms with van der Waals surface area (Å²) in [6, 6.07) is 0. The molecule has 0 bridgehead atoms. The van der Waals surface area contributed by atoms with E-state index < -0.39 is 23.3 Å². The second-order valence-electron chi connectivity index (χ2n) is 6.73. The number of likely N-dealkylation sites (N-methyl/N-ethyl adjacent to an activating group) is 1. The van der Waals surface area contributed by atoms with Crippen LogP contribution in [0.4, 0.5) is 4.79 Å². The highest BCUT2D eigenvalue weighted by atomic mass is 79.9. The van der Waals surface area contributed by atoms with Crippen molar-refractivity contribution in [2.45, 2.75) is 52.7 Å². The molecule has 5 nitrogen and oxygen atoms in total. The predicted molar refractivity (Wildman–Crippen MR) is 86.6 cm³/mol. The number of carbonyl (C=O) groups is 2. The second-order valence-corrected chi connectivity index (χ2v) is 7.29. The van der Waals surface area contributed by atoms with Gasteiger partial charge in [-0.05, 0) is 41.5 Å². The zero-order valence-electron chi connectivity index (χ0n) is 13.9. The third-order valence-corrected chi connectivity index (χ3v) is 2.73. The highest BCUT2D eigenvalue weighted by molar-refractivity contribution is 9.09. The summed E-state index contributed by atoms with van der Waals surface area (Å²) in [6.45, 7) is 11.1. The van der Waals surface area contributed by atoms with E-state index in [0.29, 0.717) is 10.9 Å². The van der Waals surface area contributed by atoms with Gasteiger partial charge in [0.2, 0.25) is 0 Å². The van der Waals surface area contributed by atoms with E-state index in [0.717, 1.165) is 0 Å². The fourth-order valence-corrected chi connectivity index (χ4v) is 1.66. The number of esters is 1. The number of halogens is 1. The maximum atomic E-state index is 11.9. The minimum Gasteiger partial charge on any atom is -0.457 e. The molecule has 122 valence electrons. The molecule has 0 fully saturated rings. The quantitative estimate of drug-likeness (QED) is 0.435. The van der Waals surface area contributed by atoms with E-state index in [4.69, 9.17) is 9.47 Å². The molecule has 0 atom stereocenters. The lowest BCUT2D eigenvalue weighted by atomic mass is 10.2. The molecule has 0 saturated carbocycles. The highest BCUT2D eigenvalue weighted by Gasteiger charge is 2.21. The van der Waals surface area contributed by atoms with Crippen LogP contribution in [-0.4, -0.2) is 47.1 Å². The Balaban J connectivity index is 4.67. The first-order chi connectivity index (χ1) is 9.35. The standard InChI is InChI=1S/C15H26BrNO4/c1-14(2,3)20-12(18)11(10-16)8-9-17(7)13(19)21-15(4,5)6/h8H,9-10H2,1-7H3/b11-8+. The molecule has 21 heavy (non-hydrogen) atoms. The molecule has 0 aliphatic heterocycles. The molecule has 0 N–H and O–H groups in total. The molecule has 0 rings (SSSR count). The average Bonchev–Trinajstić information content (AvgIpc) is 2.24. The van der Waals surface area contributed by atoms with Gasteiger partial charge in [-0.3, -0.25) is 0 Å². The molecule has 1 amide bonds. The molecule has 0 aliphatic rings. The Hall–Kier alpha value is -1.04. The maximum absolute atomic E-state index is 11.9. The maximum Gasteiger partial charge on any atom is 0.410 e. The number of rotatable bonds is 4. The Morgan fingerprint density at radius 3 is 1.90 bits per heavy atom. The fraction of sp³-hybridized carbons (Fsp3) is 0.733. The number of amides is 1. The molecule has 0 aromatic carbocycles. The number of ether oxygens (including phenoxy) is 2. The molecule has 0 spiro atoms. The molecule has 0 aliphatic carbocycles. The van der Waals surface area contributed by atoms with Crippen molar-refractivity contribution in [3.8, 4) is 0 Å². The van der Waals surface area contributed by atoms with Crippen molar-refractivity contribution >= 4 is 28.0 Å². The van der Waals surface area contributed by atoms with Crippen molar-refractivity contribution in [2.24, 2.45) is 0 Å². The molecule has 0 radical (unpaired) electrons. The zero-order valence-corrected chi connectivity index (χ0v) is 15.5. The van der Waals surface area contributed by atoms with Crippen LogP contribution in [0.15, 0.2) is 11.6 Å². The molecule has 6 heteroatoms. The molecule has 0 saturated heterocycles. The summed E-state index contributed by atoms with van der Waals surface area (Å²) < 4.78 is 10.5. The van der Waals surface area contributed by atoms with Crippen molar-refractivity contribution in [2.75, 3.05) is 18.9 Å². The Kier molecular flexibility index (Phi) is 7.44. The Morgan fingerprint density at radius 1 is 1.05 bits per heavy atom. The summed E-state index contributed by atoms with van der Waals surface area (Å²) in [6.07, 6.45) is 1.23. The Labute approximate surface area is 135 Å².